The van der Waals surface area contributed by atoms with Gasteiger partial charge in [-0.3, -0.25) is 0 Å². The number of halogens is 1. The third-order valence-corrected chi connectivity index (χ3v) is 3.35. The van der Waals surface area contributed by atoms with Crippen LogP contribution < -0.4 is 5.32 Å². The highest BCUT2D eigenvalue weighted by Gasteiger charge is 2.23. The predicted molar refractivity (Wildman–Crippen MR) is 65.1 cm³/mol. The second kappa shape index (κ2) is 5.00. The summed E-state index contributed by atoms with van der Waals surface area (Å²) in [6.45, 7) is 3.14. The lowest BCUT2D eigenvalue weighted by Gasteiger charge is -2.13. The Kier molecular flexibility index (Phi) is 3.66. The molecule has 1 unspecified atom stereocenters. The summed E-state index contributed by atoms with van der Waals surface area (Å²) in [4.78, 5) is 0. The zero-order chi connectivity index (χ0) is 10.7. The Bertz CT molecular complexity index is 320. The van der Waals surface area contributed by atoms with Gasteiger partial charge in [0.15, 0.2) is 0 Å². The highest BCUT2D eigenvalue weighted by molar-refractivity contribution is 6.31. The molecule has 1 aromatic rings. The predicted octanol–water partition coefficient (Wildman–Crippen LogP) is 3.62. The molecule has 0 aromatic heterocycles. The lowest BCUT2D eigenvalue weighted by molar-refractivity contribution is 0.487. The molecule has 2 heteroatoms. The lowest BCUT2D eigenvalue weighted by Crippen LogP contribution is -2.25. The average Bonchev–Trinajstić information content (AvgIpc) is 3.00. The van der Waals surface area contributed by atoms with Crippen LogP contribution in [-0.4, -0.2) is 6.04 Å². The minimum absolute atomic E-state index is 0.605. The molecule has 0 saturated heterocycles. The van der Waals surface area contributed by atoms with E-state index in [0.717, 1.165) is 17.5 Å². The zero-order valence-corrected chi connectivity index (χ0v) is 9.93. The topological polar surface area (TPSA) is 12.0 Å². The van der Waals surface area contributed by atoms with Crippen molar-refractivity contribution in [2.45, 2.75) is 38.8 Å². The number of rotatable bonds is 5. The zero-order valence-electron chi connectivity index (χ0n) is 9.17. The summed E-state index contributed by atoms with van der Waals surface area (Å²) in [5.74, 6) is 0.985. The standard InChI is InChI=1S/C13H18ClN/c1-10(8-11-6-7-11)15-9-12-4-2-3-5-13(12)14/h2-5,10-11,15H,6-9H2,1H3. The highest BCUT2D eigenvalue weighted by atomic mass is 35.5. The minimum atomic E-state index is 0.605. The van der Waals surface area contributed by atoms with Gasteiger partial charge >= 0.3 is 0 Å². The van der Waals surface area contributed by atoms with Gasteiger partial charge in [-0.2, -0.15) is 0 Å². The van der Waals surface area contributed by atoms with Crippen LogP contribution in [-0.2, 0) is 6.54 Å². The molecule has 0 amide bonds. The third kappa shape index (κ3) is 3.51. The molecular formula is C13H18ClN. The Morgan fingerprint density at radius 3 is 2.80 bits per heavy atom. The van der Waals surface area contributed by atoms with Crippen LogP contribution in [0.25, 0.3) is 0 Å². The molecule has 1 saturated carbocycles. The van der Waals surface area contributed by atoms with E-state index in [9.17, 15) is 0 Å². The molecule has 82 valence electrons. The number of hydrogen-bond acceptors (Lipinski definition) is 1. The van der Waals surface area contributed by atoms with Crippen LogP contribution in [0.15, 0.2) is 24.3 Å². The van der Waals surface area contributed by atoms with Crippen LogP contribution in [0.5, 0.6) is 0 Å². The van der Waals surface area contributed by atoms with Gasteiger partial charge in [0.05, 0.1) is 0 Å². The summed E-state index contributed by atoms with van der Waals surface area (Å²) in [5, 5.41) is 4.39. The SMILES string of the molecule is CC(CC1CC1)NCc1ccccc1Cl. The van der Waals surface area contributed by atoms with E-state index in [4.69, 9.17) is 11.6 Å². The molecule has 1 aliphatic carbocycles. The van der Waals surface area contributed by atoms with Gasteiger partial charge in [-0.15, -0.1) is 0 Å². The molecule has 0 heterocycles. The largest absolute Gasteiger partial charge is 0.310 e. The van der Waals surface area contributed by atoms with Gasteiger partial charge in [0.1, 0.15) is 0 Å². The van der Waals surface area contributed by atoms with Crippen molar-refractivity contribution in [3.05, 3.63) is 34.9 Å². The Labute approximate surface area is 96.8 Å². The fraction of sp³-hybridized carbons (Fsp3) is 0.538. The molecular weight excluding hydrogens is 206 g/mol. The van der Waals surface area contributed by atoms with Crippen molar-refractivity contribution in [3.8, 4) is 0 Å². The molecule has 1 aromatic carbocycles. The summed E-state index contributed by atoms with van der Waals surface area (Å²) in [6, 6.07) is 8.64. The van der Waals surface area contributed by atoms with Crippen LogP contribution in [0, 0.1) is 5.92 Å². The molecule has 1 N–H and O–H groups in total. The first-order chi connectivity index (χ1) is 7.25. The third-order valence-electron chi connectivity index (χ3n) is 2.98. The summed E-state index contributed by atoms with van der Waals surface area (Å²) in [5.41, 5.74) is 1.20. The summed E-state index contributed by atoms with van der Waals surface area (Å²) < 4.78 is 0. The van der Waals surface area contributed by atoms with Gasteiger partial charge in [-0.05, 0) is 30.9 Å². The Hall–Kier alpha value is -0.530. The molecule has 2 rings (SSSR count). The number of nitrogens with one attached hydrogen (secondary N) is 1. The molecule has 1 aliphatic rings. The molecule has 1 nitrogen and oxygen atoms in total. The van der Waals surface area contributed by atoms with Crippen LogP contribution in [0.1, 0.15) is 31.7 Å². The summed E-state index contributed by atoms with van der Waals surface area (Å²) in [7, 11) is 0. The normalized spacial score (nSPS) is 17.7. The average molecular weight is 224 g/mol. The van der Waals surface area contributed by atoms with Gasteiger partial charge in [-0.25, -0.2) is 0 Å². The van der Waals surface area contributed by atoms with Crippen molar-refractivity contribution in [2.75, 3.05) is 0 Å². The van der Waals surface area contributed by atoms with E-state index >= 15 is 0 Å². The first-order valence-corrected chi connectivity index (χ1v) is 6.10. The maximum Gasteiger partial charge on any atom is 0.0450 e. The summed E-state index contributed by atoms with van der Waals surface area (Å²) in [6.07, 6.45) is 4.17. The molecule has 0 radical (unpaired) electrons. The van der Waals surface area contributed by atoms with Gasteiger partial charge < -0.3 is 5.32 Å². The first-order valence-electron chi connectivity index (χ1n) is 5.72. The Balaban J connectivity index is 1.78. The Morgan fingerprint density at radius 2 is 2.13 bits per heavy atom. The number of hydrogen-bond donors (Lipinski definition) is 1. The van der Waals surface area contributed by atoms with Crippen molar-refractivity contribution >= 4 is 11.6 Å². The van der Waals surface area contributed by atoms with Crippen LogP contribution >= 0.6 is 11.6 Å². The second-order valence-electron chi connectivity index (χ2n) is 4.55. The van der Waals surface area contributed by atoms with Crippen molar-refractivity contribution in [2.24, 2.45) is 5.92 Å². The molecule has 0 bridgehead atoms. The monoisotopic (exact) mass is 223 g/mol. The quantitative estimate of drug-likeness (QED) is 0.804. The van der Waals surface area contributed by atoms with Crippen LogP contribution in [0.4, 0.5) is 0 Å². The van der Waals surface area contributed by atoms with E-state index in [-0.39, 0.29) is 0 Å². The fourth-order valence-corrected chi connectivity index (χ4v) is 2.07. The van der Waals surface area contributed by atoms with Gasteiger partial charge in [0.25, 0.3) is 0 Å². The van der Waals surface area contributed by atoms with Crippen molar-refractivity contribution in [3.63, 3.8) is 0 Å². The first kappa shape index (κ1) is 11.0. The maximum atomic E-state index is 6.09. The minimum Gasteiger partial charge on any atom is -0.310 e. The van der Waals surface area contributed by atoms with E-state index in [2.05, 4.69) is 18.3 Å². The van der Waals surface area contributed by atoms with Gasteiger partial charge in [0.2, 0.25) is 0 Å². The lowest BCUT2D eigenvalue weighted by atomic mass is 10.1. The van der Waals surface area contributed by atoms with Crippen molar-refractivity contribution in [1.82, 2.24) is 5.32 Å². The van der Waals surface area contributed by atoms with Crippen LogP contribution in [0.3, 0.4) is 0 Å². The van der Waals surface area contributed by atoms with Crippen LogP contribution in [0.2, 0.25) is 5.02 Å². The second-order valence-corrected chi connectivity index (χ2v) is 4.96. The molecule has 1 fully saturated rings. The van der Waals surface area contributed by atoms with E-state index in [0.29, 0.717) is 6.04 Å². The Morgan fingerprint density at radius 1 is 1.40 bits per heavy atom. The molecule has 0 aliphatic heterocycles. The number of benzene rings is 1. The maximum absolute atomic E-state index is 6.09. The van der Waals surface area contributed by atoms with E-state index < -0.39 is 0 Å². The highest BCUT2D eigenvalue weighted by Crippen LogP contribution is 2.33. The van der Waals surface area contributed by atoms with Gasteiger partial charge in [-0.1, -0.05) is 42.6 Å². The van der Waals surface area contributed by atoms with Gasteiger partial charge in [0, 0.05) is 17.6 Å². The van der Waals surface area contributed by atoms with E-state index in [1.165, 1.54) is 24.8 Å². The molecule has 1 atom stereocenters. The molecule has 15 heavy (non-hydrogen) atoms. The van der Waals surface area contributed by atoms with E-state index in [1.54, 1.807) is 0 Å². The fourth-order valence-electron chi connectivity index (χ4n) is 1.86. The molecule has 0 spiro atoms. The van der Waals surface area contributed by atoms with Crippen molar-refractivity contribution < 1.29 is 0 Å². The summed E-state index contributed by atoms with van der Waals surface area (Å²) >= 11 is 6.09. The van der Waals surface area contributed by atoms with Crippen molar-refractivity contribution in [1.29, 1.82) is 0 Å². The van der Waals surface area contributed by atoms with E-state index in [1.807, 2.05) is 18.2 Å². The smallest absolute Gasteiger partial charge is 0.0450 e.